The first-order chi connectivity index (χ1) is 8.49. The van der Waals surface area contributed by atoms with Crippen LogP contribution in [0.25, 0.3) is 0 Å². The van der Waals surface area contributed by atoms with Crippen LogP contribution in [-0.4, -0.2) is 28.9 Å². The minimum absolute atomic E-state index is 0.398. The SMILES string of the molecule is O=C1C=CC(=O)C(C(=O)C2=CC(=O)C=CC2=O)=C1. The van der Waals surface area contributed by atoms with Crippen LogP contribution in [0.3, 0.4) is 0 Å². The Balaban J connectivity index is 2.38. The van der Waals surface area contributed by atoms with Gasteiger partial charge in [-0.25, -0.2) is 0 Å². The summed E-state index contributed by atoms with van der Waals surface area (Å²) in [5.41, 5.74) is -0.796. The molecule has 5 nitrogen and oxygen atoms in total. The lowest BCUT2D eigenvalue weighted by atomic mass is 9.91. The van der Waals surface area contributed by atoms with Gasteiger partial charge in [-0.2, -0.15) is 0 Å². The van der Waals surface area contributed by atoms with Gasteiger partial charge < -0.3 is 0 Å². The number of rotatable bonds is 2. The van der Waals surface area contributed by atoms with Gasteiger partial charge in [0.25, 0.3) is 0 Å². The predicted octanol–water partition coefficient (Wildman–Crippen LogP) is -0.176. The average molecular weight is 242 g/mol. The van der Waals surface area contributed by atoms with E-state index in [-0.39, 0.29) is 0 Å². The van der Waals surface area contributed by atoms with E-state index in [2.05, 4.69) is 0 Å². The number of carbonyl (C=O) groups is 5. The van der Waals surface area contributed by atoms with Crippen molar-refractivity contribution in [3.8, 4) is 0 Å². The van der Waals surface area contributed by atoms with Crippen molar-refractivity contribution in [3.63, 3.8) is 0 Å². The maximum Gasteiger partial charge on any atom is 0.201 e. The summed E-state index contributed by atoms with van der Waals surface area (Å²) in [5, 5.41) is 0. The van der Waals surface area contributed by atoms with Crippen molar-refractivity contribution in [1.82, 2.24) is 0 Å². The molecule has 0 unspecified atom stereocenters. The highest BCUT2D eigenvalue weighted by molar-refractivity contribution is 6.42. The standard InChI is InChI=1S/C13H6O5/c14-7-1-3-11(16)9(5-7)13(18)10-6-8(15)2-4-12(10)17/h1-6H. The zero-order valence-electron chi connectivity index (χ0n) is 9.01. The Hall–Kier alpha value is -2.69. The molecule has 0 bridgehead atoms. The molecule has 0 aliphatic heterocycles. The minimum atomic E-state index is -0.902. The molecule has 0 N–H and O–H groups in total. The molecule has 2 rings (SSSR count). The van der Waals surface area contributed by atoms with E-state index in [9.17, 15) is 24.0 Å². The third kappa shape index (κ3) is 2.06. The normalized spacial score (nSPS) is 18.9. The number of allylic oxidation sites excluding steroid dienone is 8. The lowest BCUT2D eigenvalue weighted by Gasteiger charge is -2.08. The van der Waals surface area contributed by atoms with Gasteiger partial charge in [0.2, 0.25) is 5.78 Å². The van der Waals surface area contributed by atoms with Crippen molar-refractivity contribution >= 4 is 28.9 Å². The number of ketones is 5. The predicted molar refractivity (Wildman–Crippen MR) is 59.5 cm³/mol. The molecule has 0 radical (unpaired) electrons. The van der Waals surface area contributed by atoms with Gasteiger partial charge in [0.15, 0.2) is 23.1 Å². The highest BCUT2D eigenvalue weighted by Gasteiger charge is 2.28. The summed E-state index contributed by atoms with van der Waals surface area (Å²) in [6.45, 7) is 0. The lowest BCUT2D eigenvalue weighted by Crippen LogP contribution is -2.23. The van der Waals surface area contributed by atoms with E-state index in [0.29, 0.717) is 0 Å². The molecule has 0 saturated carbocycles. The van der Waals surface area contributed by atoms with Crippen LogP contribution in [0.2, 0.25) is 0 Å². The van der Waals surface area contributed by atoms with Crippen molar-refractivity contribution < 1.29 is 24.0 Å². The van der Waals surface area contributed by atoms with Gasteiger partial charge in [-0.15, -0.1) is 0 Å². The molecule has 0 aromatic rings. The highest BCUT2D eigenvalue weighted by Crippen LogP contribution is 2.15. The summed E-state index contributed by atoms with van der Waals surface area (Å²) < 4.78 is 0. The topological polar surface area (TPSA) is 85.3 Å². The number of hydrogen-bond donors (Lipinski definition) is 0. The molecule has 5 heteroatoms. The van der Waals surface area contributed by atoms with E-state index in [1.807, 2.05) is 0 Å². The van der Waals surface area contributed by atoms with Gasteiger partial charge in [-0.3, -0.25) is 24.0 Å². The molecule has 0 saturated heterocycles. The second-order valence-electron chi connectivity index (χ2n) is 3.65. The first kappa shape index (κ1) is 11.8. The van der Waals surface area contributed by atoms with E-state index in [1.165, 1.54) is 0 Å². The largest absolute Gasteiger partial charge is 0.290 e. The van der Waals surface area contributed by atoms with Gasteiger partial charge in [0.05, 0.1) is 11.1 Å². The number of hydrogen-bond acceptors (Lipinski definition) is 5. The molecule has 88 valence electrons. The molecule has 0 aromatic heterocycles. The van der Waals surface area contributed by atoms with E-state index in [1.54, 1.807) is 0 Å². The van der Waals surface area contributed by atoms with E-state index >= 15 is 0 Å². The third-order valence-corrected chi connectivity index (χ3v) is 2.39. The first-order valence-electron chi connectivity index (χ1n) is 5.00. The Morgan fingerprint density at radius 2 is 1.06 bits per heavy atom. The fourth-order valence-corrected chi connectivity index (χ4v) is 1.52. The van der Waals surface area contributed by atoms with Crippen molar-refractivity contribution in [2.24, 2.45) is 0 Å². The molecule has 0 heterocycles. The second kappa shape index (κ2) is 4.29. The first-order valence-corrected chi connectivity index (χ1v) is 5.00. The van der Waals surface area contributed by atoms with Crippen LogP contribution >= 0.6 is 0 Å². The monoisotopic (exact) mass is 242 g/mol. The summed E-state index contributed by atoms with van der Waals surface area (Å²) in [6.07, 6.45) is 5.70. The molecule has 0 atom stereocenters. The van der Waals surface area contributed by atoms with Gasteiger partial charge in [0, 0.05) is 12.2 Å². The molecule has 0 amide bonds. The van der Waals surface area contributed by atoms with Gasteiger partial charge in [-0.1, -0.05) is 0 Å². The van der Waals surface area contributed by atoms with Gasteiger partial charge >= 0.3 is 0 Å². The Morgan fingerprint density at radius 3 is 1.44 bits per heavy atom. The third-order valence-electron chi connectivity index (χ3n) is 2.39. The van der Waals surface area contributed by atoms with Crippen LogP contribution in [0.1, 0.15) is 0 Å². The molecular weight excluding hydrogens is 236 g/mol. The Kier molecular flexibility index (Phi) is 2.81. The van der Waals surface area contributed by atoms with Crippen molar-refractivity contribution in [2.75, 3.05) is 0 Å². The van der Waals surface area contributed by atoms with Gasteiger partial charge in [-0.05, 0) is 24.3 Å². The average Bonchev–Trinajstić information content (AvgIpc) is 2.34. The Bertz CT molecular complexity index is 572. The molecular formula is C13H6O5. The minimum Gasteiger partial charge on any atom is -0.290 e. The number of carbonyl (C=O) groups excluding carboxylic acids is 5. The second-order valence-corrected chi connectivity index (χ2v) is 3.65. The van der Waals surface area contributed by atoms with Crippen LogP contribution in [0.4, 0.5) is 0 Å². The van der Waals surface area contributed by atoms with Gasteiger partial charge in [0.1, 0.15) is 0 Å². The molecule has 2 aliphatic rings. The molecule has 18 heavy (non-hydrogen) atoms. The lowest BCUT2D eigenvalue weighted by molar-refractivity contribution is -0.121. The summed E-state index contributed by atoms with van der Waals surface area (Å²) in [7, 11) is 0. The molecule has 0 spiro atoms. The quantitative estimate of drug-likeness (QED) is 0.495. The Labute approximate surface area is 101 Å². The highest BCUT2D eigenvalue weighted by atomic mass is 16.2. The fourth-order valence-electron chi connectivity index (χ4n) is 1.52. The fraction of sp³-hybridized carbons (Fsp3) is 0. The van der Waals surface area contributed by atoms with E-state index in [4.69, 9.17) is 0 Å². The summed E-state index contributed by atoms with van der Waals surface area (Å²) in [6, 6.07) is 0. The number of Topliss-reactive ketones (excluding diaryl/α,β-unsaturated/α-hetero) is 1. The van der Waals surface area contributed by atoms with Crippen LogP contribution in [0, 0.1) is 0 Å². The summed E-state index contributed by atoms with van der Waals surface area (Å²) in [5.74, 6) is -3.24. The van der Waals surface area contributed by atoms with E-state index in [0.717, 1.165) is 36.5 Å². The van der Waals surface area contributed by atoms with E-state index < -0.39 is 40.1 Å². The zero-order chi connectivity index (χ0) is 13.3. The zero-order valence-corrected chi connectivity index (χ0v) is 9.01. The molecule has 2 aliphatic carbocycles. The van der Waals surface area contributed by atoms with Crippen LogP contribution in [0.15, 0.2) is 47.6 Å². The smallest absolute Gasteiger partial charge is 0.201 e. The Morgan fingerprint density at radius 1 is 0.667 bits per heavy atom. The van der Waals surface area contributed by atoms with Crippen LogP contribution in [0.5, 0.6) is 0 Å². The van der Waals surface area contributed by atoms with Crippen molar-refractivity contribution in [3.05, 3.63) is 47.6 Å². The summed E-state index contributed by atoms with van der Waals surface area (Å²) >= 11 is 0. The van der Waals surface area contributed by atoms with Crippen LogP contribution in [-0.2, 0) is 24.0 Å². The van der Waals surface area contributed by atoms with Crippen LogP contribution < -0.4 is 0 Å². The maximum absolute atomic E-state index is 11.9. The molecule has 0 aromatic carbocycles. The van der Waals surface area contributed by atoms with Crippen molar-refractivity contribution in [2.45, 2.75) is 0 Å². The van der Waals surface area contributed by atoms with Crippen molar-refractivity contribution in [1.29, 1.82) is 0 Å². The summed E-state index contributed by atoms with van der Waals surface area (Å²) in [4.78, 5) is 57.0. The molecule has 0 fully saturated rings. The maximum atomic E-state index is 11.9.